The molecular formula is C14H28N2O. The molecule has 2 unspecified atom stereocenters. The molecule has 0 aromatic carbocycles. The van der Waals surface area contributed by atoms with E-state index in [0.717, 1.165) is 38.8 Å². The SMILES string of the molecule is CCCCC(CC)C(=O)NC1CCCCNC1. The fourth-order valence-corrected chi connectivity index (χ4v) is 2.43. The van der Waals surface area contributed by atoms with E-state index in [1.165, 1.54) is 19.3 Å². The molecule has 0 spiro atoms. The molecule has 1 fully saturated rings. The zero-order chi connectivity index (χ0) is 12.5. The highest BCUT2D eigenvalue weighted by Crippen LogP contribution is 2.14. The zero-order valence-corrected chi connectivity index (χ0v) is 11.4. The van der Waals surface area contributed by atoms with Crippen molar-refractivity contribution in [3.05, 3.63) is 0 Å². The first-order chi connectivity index (χ1) is 8.27. The molecular weight excluding hydrogens is 212 g/mol. The highest BCUT2D eigenvalue weighted by Gasteiger charge is 2.20. The Hall–Kier alpha value is -0.570. The van der Waals surface area contributed by atoms with Crippen molar-refractivity contribution in [2.45, 2.75) is 64.8 Å². The smallest absolute Gasteiger partial charge is 0.223 e. The second-order valence-corrected chi connectivity index (χ2v) is 5.15. The van der Waals surface area contributed by atoms with Crippen LogP contribution in [0.1, 0.15) is 58.8 Å². The lowest BCUT2D eigenvalue weighted by Gasteiger charge is -2.20. The predicted octanol–water partition coefficient (Wildman–Crippen LogP) is 2.46. The van der Waals surface area contributed by atoms with Crippen molar-refractivity contribution >= 4 is 5.91 Å². The van der Waals surface area contributed by atoms with Gasteiger partial charge in [0.25, 0.3) is 0 Å². The van der Waals surface area contributed by atoms with Crippen LogP contribution in [0.2, 0.25) is 0 Å². The average Bonchev–Trinajstić information content (AvgIpc) is 2.58. The van der Waals surface area contributed by atoms with Gasteiger partial charge in [0.05, 0.1) is 0 Å². The van der Waals surface area contributed by atoms with Gasteiger partial charge < -0.3 is 10.6 Å². The van der Waals surface area contributed by atoms with Gasteiger partial charge in [-0.05, 0) is 32.2 Å². The van der Waals surface area contributed by atoms with Gasteiger partial charge in [-0.3, -0.25) is 4.79 Å². The molecule has 0 aromatic rings. The first-order valence-corrected chi connectivity index (χ1v) is 7.29. The number of rotatable bonds is 6. The molecule has 0 aromatic heterocycles. The minimum absolute atomic E-state index is 0.221. The molecule has 1 aliphatic heterocycles. The molecule has 3 heteroatoms. The highest BCUT2D eigenvalue weighted by molar-refractivity contribution is 5.78. The Morgan fingerprint density at radius 3 is 2.94 bits per heavy atom. The molecule has 1 amide bonds. The van der Waals surface area contributed by atoms with Gasteiger partial charge in [0, 0.05) is 18.5 Å². The number of hydrogen-bond donors (Lipinski definition) is 2. The monoisotopic (exact) mass is 240 g/mol. The summed E-state index contributed by atoms with van der Waals surface area (Å²) in [5.41, 5.74) is 0. The van der Waals surface area contributed by atoms with Crippen molar-refractivity contribution in [2.75, 3.05) is 13.1 Å². The van der Waals surface area contributed by atoms with Gasteiger partial charge in [-0.2, -0.15) is 0 Å². The number of hydrogen-bond acceptors (Lipinski definition) is 2. The van der Waals surface area contributed by atoms with E-state index in [2.05, 4.69) is 24.5 Å². The predicted molar refractivity (Wildman–Crippen MR) is 72.0 cm³/mol. The number of nitrogens with one attached hydrogen (secondary N) is 2. The Morgan fingerprint density at radius 2 is 2.24 bits per heavy atom. The van der Waals surface area contributed by atoms with Crippen LogP contribution in [0.25, 0.3) is 0 Å². The van der Waals surface area contributed by atoms with Crippen LogP contribution in [0.4, 0.5) is 0 Å². The van der Waals surface area contributed by atoms with E-state index >= 15 is 0 Å². The van der Waals surface area contributed by atoms with Crippen molar-refractivity contribution in [2.24, 2.45) is 5.92 Å². The Labute approximate surface area is 106 Å². The topological polar surface area (TPSA) is 41.1 Å². The zero-order valence-electron chi connectivity index (χ0n) is 11.4. The van der Waals surface area contributed by atoms with Crippen LogP contribution in [0.15, 0.2) is 0 Å². The maximum Gasteiger partial charge on any atom is 0.223 e. The minimum atomic E-state index is 0.221. The summed E-state index contributed by atoms with van der Waals surface area (Å²) in [5.74, 6) is 0.493. The van der Waals surface area contributed by atoms with E-state index in [-0.39, 0.29) is 11.8 Å². The summed E-state index contributed by atoms with van der Waals surface area (Å²) in [6, 6.07) is 0.348. The Morgan fingerprint density at radius 1 is 1.41 bits per heavy atom. The van der Waals surface area contributed by atoms with E-state index in [0.29, 0.717) is 6.04 Å². The van der Waals surface area contributed by atoms with Crippen molar-refractivity contribution < 1.29 is 4.79 Å². The average molecular weight is 240 g/mol. The number of unbranched alkanes of at least 4 members (excludes halogenated alkanes) is 1. The summed E-state index contributed by atoms with van der Waals surface area (Å²) >= 11 is 0. The fourth-order valence-electron chi connectivity index (χ4n) is 2.43. The molecule has 1 heterocycles. The summed E-state index contributed by atoms with van der Waals surface area (Å²) in [5, 5.41) is 6.61. The third-order valence-corrected chi connectivity index (χ3v) is 3.66. The van der Waals surface area contributed by atoms with Gasteiger partial charge in [-0.25, -0.2) is 0 Å². The Bertz CT molecular complexity index is 210. The van der Waals surface area contributed by atoms with Crippen LogP contribution in [-0.4, -0.2) is 25.0 Å². The van der Waals surface area contributed by atoms with Crippen LogP contribution in [-0.2, 0) is 4.79 Å². The first kappa shape index (κ1) is 14.5. The minimum Gasteiger partial charge on any atom is -0.352 e. The van der Waals surface area contributed by atoms with E-state index in [1.807, 2.05) is 0 Å². The summed E-state index contributed by atoms with van der Waals surface area (Å²) < 4.78 is 0. The second-order valence-electron chi connectivity index (χ2n) is 5.15. The summed E-state index contributed by atoms with van der Waals surface area (Å²) in [6.45, 7) is 6.33. The van der Waals surface area contributed by atoms with Gasteiger partial charge in [-0.15, -0.1) is 0 Å². The van der Waals surface area contributed by atoms with E-state index in [9.17, 15) is 4.79 Å². The van der Waals surface area contributed by atoms with Crippen molar-refractivity contribution in [1.29, 1.82) is 0 Å². The maximum absolute atomic E-state index is 12.1. The summed E-state index contributed by atoms with van der Waals surface area (Å²) in [6.07, 6.45) is 7.93. The Balaban J connectivity index is 2.33. The van der Waals surface area contributed by atoms with Crippen molar-refractivity contribution in [1.82, 2.24) is 10.6 Å². The molecule has 100 valence electrons. The lowest BCUT2D eigenvalue weighted by atomic mass is 9.98. The lowest BCUT2D eigenvalue weighted by molar-refractivity contribution is -0.126. The van der Waals surface area contributed by atoms with Gasteiger partial charge in [0.15, 0.2) is 0 Å². The molecule has 2 N–H and O–H groups in total. The van der Waals surface area contributed by atoms with E-state index < -0.39 is 0 Å². The largest absolute Gasteiger partial charge is 0.352 e. The first-order valence-electron chi connectivity index (χ1n) is 7.29. The molecule has 1 aliphatic rings. The van der Waals surface area contributed by atoms with Crippen LogP contribution >= 0.6 is 0 Å². The maximum atomic E-state index is 12.1. The van der Waals surface area contributed by atoms with Gasteiger partial charge in [0.1, 0.15) is 0 Å². The number of amides is 1. The quantitative estimate of drug-likeness (QED) is 0.749. The number of carbonyl (C=O) groups is 1. The molecule has 0 radical (unpaired) electrons. The molecule has 0 saturated carbocycles. The van der Waals surface area contributed by atoms with E-state index in [1.54, 1.807) is 0 Å². The molecule has 1 saturated heterocycles. The summed E-state index contributed by atoms with van der Waals surface area (Å²) in [4.78, 5) is 12.1. The van der Waals surface area contributed by atoms with Crippen molar-refractivity contribution in [3.63, 3.8) is 0 Å². The molecule has 0 aliphatic carbocycles. The highest BCUT2D eigenvalue weighted by atomic mass is 16.1. The van der Waals surface area contributed by atoms with Crippen LogP contribution in [0.5, 0.6) is 0 Å². The molecule has 3 nitrogen and oxygen atoms in total. The fraction of sp³-hybridized carbons (Fsp3) is 0.929. The van der Waals surface area contributed by atoms with Crippen molar-refractivity contribution in [3.8, 4) is 0 Å². The molecule has 2 atom stereocenters. The second kappa shape index (κ2) is 8.51. The van der Waals surface area contributed by atoms with Crippen LogP contribution < -0.4 is 10.6 Å². The lowest BCUT2D eigenvalue weighted by Crippen LogP contribution is -2.43. The van der Waals surface area contributed by atoms with E-state index in [4.69, 9.17) is 0 Å². The van der Waals surface area contributed by atoms with Gasteiger partial charge in [0.2, 0.25) is 5.91 Å². The van der Waals surface area contributed by atoms with Gasteiger partial charge >= 0.3 is 0 Å². The number of carbonyl (C=O) groups excluding carboxylic acids is 1. The molecule has 0 bridgehead atoms. The van der Waals surface area contributed by atoms with Crippen LogP contribution in [0, 0.1) is 5.92 Å². The Kier molecular flexibility index (Phi) is 7.25. The normalized spacial score (nSPS) is 22.8. The van der Waals surface area contributed by atoms with Gasteiger partial charge in [-0.1, -0.05) is 33.1 Å². The molecule has 17 heavy (non-hydrogen) atoms. The standard InChI is InChI=1S/C14H28N2O/c1-3-5-8-12(4-2)14(17)16-13-9-6-7-10-15-11-13/h12-13,15H,3-11H2,1-2H3,(H,16,17). The summed E-state index contributed by atoms with van der Waals surface area (Å²) in [7, 11) is 0. The third-order valence-electron chi connectivity index (χ3n) is 3.66. The third kappa shape index (κ3) is 5.53. The van der Waals surface area contributed by atoms with Crippen LogP contribution in [0.3, 0.4) is 0 Å². The molecule has 1 rings (SSSR count).